The maximum absolute atomic E-state index is 15.3. The van der Waals surface area contributed by atoms with Gasteiger partial charge in [0.1, 0.15) is 6.04 Å². The Morgan fingerprint density at radius 2 is 1.70 bits per heavy atom. The first kappa shape index (κ1) is 40.7. The van der Waals surface area contributed by atoms with Crippen LogP contribution in [-0.2, 0) is 16.1 Å². The number of piperazine rings is 2. The number of halogens is 4. The molecule has 4 fully saturated rings. The second-order valence-electron chi connectivity index (χ2n) is 17.3. The van der Waals surface area contributed by atoms with Crippen LogP contribution < -0.4 is 20.4 Å². The maximum Gasteiger partial charge on any atom is 0.415 e. The van der Waals surface area contributed by atoms with Crippen LogP contribution in [0, 0.1) is 11.7 Å². The number of benzene rings is 2. The van der Waals surface area contributed by atoms with E-state index in [-0.39, 0.29) is 66.2 Å². The average Bonchev–Trinajstić information content (AvgIpc) is 3.55. The summed E-state index contributed by atoms with van der Waals surface area (Å²) in [5.74, 6) is -2.00. The summed E-state index contributed by atoms with van der Waals surface area (Å²) >= 11 is 0. The average molecular weight is 849 g/mol. The van der Waals surface area contributed by atoms with Gasteiger partial charge in [0.05, 0.1) is 24.5 Å². The molecule has 4 atom stereocenters. The highest BCUT2D eigenvalue weighted by Crippen LogP contribution is 2.47. The van der Waals surface area contributed by atoms with Crippen molar-refractivity contribution in [2.45, 2.75) is 75.9 Å². The molecule has 9 rings (SSSR count). The number of rotatable bonds is 5. The number of para-hydroxylation sites is 1. The van der Waals surface area contributed by atoms with Gasteiger partial charge in [0, 0.05) is 87.7 Å². The van der Waals surface area contributed by atoms with Crippen molar-refractivity contribution in [2.75, 3.05) is 74.0 Å². The smallest absolute Gasteiger partial charge is 0.415 e. The second-order valence-corrected chi connectivity index (χ2v) is 17.3. The zero-order chi connectivity index (χ0) is 43.0. The lowest BCUT2D eigenvalue weighted by molar-refractivity contribution is -0.191. The van der Waals surface area contributed by atoms with Gasteiger partial charge in [0.25, 0.3) is 5.91 Å². The molecule has 6 aliphatic rings. The number of aromatic nitrogens is 2. The first-order valence-corrected chi connectivity index (χ1v) is 20.9. The van der Waals surface area contributed by atoms with Gasteiger partial charge in [0.15, 0.2) is 22.9 Å². The van der Waals surface area contributed by atoms with Gasteiger partial charge in [-0.05, 0) is 74.9 Å². The lowest BCUT2D eigenvalue weighted by atomic mass is 9.89. The molecule has 0 bridgehead atoms. The van der Waals surface area contributed by atoms with Gasteiger partial charge in [-0.3, -0.25) is 24.6 Å². The number of piperidine rings is 2. The van der Waals surface area contributed by atoms with Crippen molar-refractivity contribution < 1.29 is 41.8 Å². The molecule has 2 aromatic carbocycles. The van der Waals surface area contributed by atoms with Crippen molar-refractivity contribution in [3.8, 4) is 17.0 Å². The Balaban J connectivity index is 0.813. The molecule has 4 saturated heterocycles. The van der Waals surface area contributed by atoms with E-state index in [1.165, 1.54) is 28.0 Å². The number of aromatic hydroxyl groups is 1. The number of amides is 5. The van der Waals surface area contributed by atoms with Crippen LogP contribution in [0.1, 0.15) is 55.5 Å². The summed E-state index contributed by atoms with van der Waals surface area (Å²) in [6.07, 6.45) is -2.40. The molecule has 5 amide bonds. The van der Waals surface area contributed by atoms with Crippen LogP contribution in [0.5, 0.6) is 5.75 Å². The quantitative estimate of drug-likeness (QED) is 0.252. The van der Waals surface area contributed by atoms with Crippen molar-refractivity contribution in [1.82, 2.24) is 35.1 Å². The van der Waals surface area contributed by atoms with Gasteiger partial charge in [-0.2, -0.15) is 13.2 Å². The maximum atomic E-state index is 15.3. The summed E-state index contributed by atoms with van der Waals surface area (Å²) in [6.45, 7) is 6.53. The first-order valence-electron chi connectivity index (χ1n) is 20.9. The zero-order valence-electron chi connectivity index (χ0n) is 33.9. The fraction of sp³-hybridized carbons (Fsp3) is 0.524. The monoisotopic (exact) mass is 848 g/mol. The number of anilines is 3. The van der Waals surface area contributed by atoms with Crippen molar-refractivity contribution >= 4 is 40.9 Å². The number of hydrogen-bond donors (Lipinski definition) is 3. The van der Waals surface area contributed by atoms with E-state index in [0.29, 0.717) is 37.5 Å². The van der Waals surface area contributed by atoms with Crippen molar-refractivity contribution in [3.05, 3.63) is 59.4 Å². The zero-order valence-corrected chi connectivity index (χ0v) is 33.9. The third-order valence-corrected chi connectivity index (χ3v) is 13.5. The highest BCUT2D eigenvalue weighted by Gasteiger charge is 2.63. The molecule has 19 heteroatoms. The number of imide groups is 1. The van der Waals surface area contributed by atoms with E-state index < -0.39 is 54.4 Å². The SMILES string of the molecule is C[C@@H]1CN(CC2CCN(c3ccc4c(c3)C(=O)N([C@@H]3CCC(=O)NC3=O)C4)CC2)C[C@@H](C)N1C(=O)N1CCN2c3cc(-c4cccc(F)c4O)nnc3NC[C@]2(C(F)(F)F)C1. The van der Waals surface area contributed by atoms with E-state index in [1.54, 1.807) is 9.80 Å². The van der Waals surface area contributed by atoms with Crippen LogP contribution in [0.15, 0.2) is 42.5 Å². The minimum atomic E-state index is -4.76. The molecule has 1 aromatic heterocycles. The Morgan fingerprint density at radius 3 is 2.43 bits per heavy atom. The lowest BCUT2D eigenvalue weighted by Gasteiger charge is -2.55. The van der Waals surface area contributed by atoms with Gasteiger partial charge in [-0.15, -0.1) is 10.2 Å². The van der Waals surface area contributed by atoms with Crippen LogP contribution in [0.2, 0.25) is 0 Å². The Kier molecular flexibility index (Phi) is 10.2. The number of urea groups is 1. The molecule has 3 aromatic rings. The number of nitrogens with one attached hydrogen (secondary N) is 2. The largest absolute Gasteiger partial charge is 0.504 e. The summed E-state index contributed by atoms with van der Waals surface area (Å²) in [6, 6.07) is 9.49. The molecule has 0 saturated carbocycles. The van der Waals surface area contributed by atoms with E-state index in [4.69, 9.17) is 0 Å². The molecule has 0 unspecified atom stereocenters. The number of phenolic OH excluding ortho intramolecular Hbond substituents is 1. The predicted molar refractivity (Wildman–Crippen MR) is 215 cm³/mol. The van der Waals surface area contributed by atoms with E-state index in [0.717, 1.165) is 49.8 Å². The molecule has 7 heterocycles. The third kappa shape index (κ3) is 7.13. The van der Waals surface area contributed by atoms with Crippen molar-refractivity contribution in [2.24, 2.45) is 5.92 Å². The highest BCUT2D eigenvalue weighted by atomic mass is 19.4. The number of alkyl halides is 3. The standard InChI is InChI=1S/C42H48F4N10O5/c1-24-18-51(20-26-10-12-52(13-11-26)28-7-6-27-21-54(39(60)30(27)16-28)33-8-9-35(57)48-38(33)59)19-25(2)56(24)40(61)53-14-15-55-34-17-32(29-4-3-5-31(43)36(29)58)49-50-37(34)47-22-41(55,23-53)42(44,45)46/h3-7,16-17,24-26,33,58H,8-15,18-23H2,1-2H3,(H,47,50)(H,48,57,59)/t24-,25-,33-,41-/m1/s1. The molecule has 3 N–H and O–H groups in total. The Hall–Kier alpha value is -5.72. The topological polar surface area (TPSA) is 158 Å². The first-order chi connectivity index (χ1) is 29.1. The molecule has 61 heavy (non-hydrogen) atoms. The van der Waals surface area contributed by atoms with Crippen molar-refractivity contribution in [1.29, 1.82) is 0 Å². The van der Waals surface area contributed by atoms with Crippen LogP contribution >= 0.6 is 0 Å². The summed E-state index contributed by atoms with van der Waals surface area (Å²) in [5, 5.41) is 23.6. The summed E-state index contributed by atoms with van der Waals surface area (Å²) < 4.78 is 60.1. The molecular weight excluding hydrogens is 801 g/mol. The number of carbonyl (C=O) groups is 4. The predicted octanol–water partition coefficient (Wildman–Crippen LogP) is 4.03. The van der Waals surface area contributed by atoms with Crippen molar-refractivity contribution in [3.63, 3.8) is 0 Å². The van der Waals surface area contributed by atoms with E-state index in [2.05, 4.69) is 30.6 Å². The third-order valence-electron chi connectivity index (χ3n) is 13.5. The summed E-state index contributed by atoms with van der Waals surface area (Å²) in [7, 11) is 0. The van der Waals surface area contributed by atoms with Gasteiger partial charge in [-0.1, -0.05) is 12.1 Å². The number of fused-ring (bicyclic) bond motifs is 4. The number of nitrogens with zero attached hydrogens (tertiary/aromatic N) is 8. The fourth-order valence-electron chi connectivity index (χ4n) is 10.3. The highest BCUT2D eigenvalue weighted by molar-refractivity contribution is 6.05. The van der Waals surface area contributed by atoms with Crippen LogP contribution in [0.25, 0.3) is 11.3 Å². The number of phenols is 1. The van der Waals surface area contributed by atoms with Crippen LogP contribution in [0.3, 0.4) is 0 Å². The summed E-state index contributed by atoms with van der Waals surface area (Å²) in [5.41, 5.74) is 0.0366. The number of carbonyl (C=O) groups excluding carboxylic acids is 4. The summed E-state index contributed by atoms with van der Waals surface area (Å²) in [4.78, 5) is 62.2. The van der Waals surface area contributed by atoms with Gasteiger partial charge < -0.3 is 34.9 Å². The van der Waals surface area contributed by atoms with Gasteiger partial charge >= 0.3 is 12.2 Å². The number of hydrogen-bond acceptors (Lipinski definition) is 11. The van der Waals surface area contributed by atoms with Gasteiger partial charge in [0.2, 0.25) is 11.8 Å². The molecule has 324 valence electrons. The fourth-order valence-corrected chi connectivity index (χ4v) is 10.3. The van der Waals surface area contributed by atoms with E-state index >= 15 is 13.2 Å². The minimum Gasteiger partial charge on any atom is -0.504 e. The van der Waals surface area contributed by atoms with E-state index in [1.807, 2.05) is 32.0 Å². The Morgan fingerprint density at radius 1 is 0.951 bits per heavy atom. The molecule has 0 spiro atoms. The van der Waals surface area contributed by atoms with Gasteiger partial charge in [-0.25, -0.2) is 9.18 Å². The molecular formula is C42H48F4N10O5. The Labute approximate surface area is 349 Å². The molecule has 6 aliphatic heterocycles. The minimum absolute atomic E-state index is 0.00336. The van der Waals surface area contributed by atoms with E-state index in [9.17, 15) is 28.7 Å². The lowest BCUT2D eigenvalue weighted by Crippen LogP contribution is -2.75. The molecule has 0 radical (unpaired) electrons. The van der Waals surface area contributed by atoms with Crippen LogP contribution in [0.4, 0.5) is 39.5 Å². The second kappa shape index (κ2) is 15.3. The normalized spacial score (nSPS) is 26.2. The molecule has 0 aliphatic carbocycles. The van der Waals surface area contributed by atoms with Crippen LogP contribution in [-0.4, -0.2) is 147 Å². The molecule has 15 nitrogen and oxygen atoms in total. The Bertz CT molecular complexity index is 2260.